The van der Waals surface area contributed by atoms with Gasteiger partial charge in [0.15, 0.2) is 5.82 Å². The summed E-state index contributed by atoms with van der Waals surface area (Å²) < 4.78 is 1.57. The molecule has 0 spiro atoms. The highest BCUT2D eigenvalue weighted by Gasteiger charge is 2.11. The number of carbonyl (C=O) groups excluding carboxylic acids is 1. The monoisotopic (exact) mass is 396 g/mol. The zero-order valence-corrected chi connectivity index (χ0v) is 15.7. The second kappa shape index (κ2) is 7.55. The molecule has 1 amide bonds. The second-order valence-corrected chi connectivity index (χ2v) is 6.57. The number of benzene rings is 1. The van der Waals surface area contributed by atoms with Gasteiger partial charge in [0.25, 0.3) is 5.91 Å². The molecule has 5 aromatic rings. The normalized spacial score (nSPS) is 10.9. The van der Waals surface area contributed by atoms with Gasteiger partial charge < -0.3 is 10.3 Å². The summed E-state index contributed by atoms with van der Waals surface area (Å²) in [7, 11) is 0. The van der Waals surface area contributed by atoms with Crippen LogP contribution in [0.4, 0.5) is 0 Å². The summed E-state index contributed by atoms with van der Waals surface area (Å²) in [5, 5.41) is 7.04. The Labute approximate surface area is 170 Å². The number of nitrogens with one attached hydrogen (secondary N) is 2. The zero-order chi connectivity index (χ0) is 20.3. The van der Waals surface area contributed by atoms with E-state index in [2.05, 4.69) is 35.3 Å². The molecule has 0 unspecified atom stereocenters. The van der Waals surface area contributed by atoms with Crippen LogP contribution in [0.25, 0.3) is 28.0 Å². The minimum atomic E-state index is -0.175. The van der Waals surface area contributed by atoms with Crippen molar-refractivity contribution in [1.82, 2.24) is 40.0 Å². The molecule has 5 rings (SSSR count). The van der Waals surface area contributed by atoms with E-state index in [1.54, 1.807) is 48.1 Å². The van der Waals surface area contributed by atoms with Crippen molar-refractivity contribution in [3.05, 3.63) is 85.1 Å². The van der Waals surface area contributed by atoms with Crippen molar-refractivity contribution in [2.24, 2.45) is 0 Å². The minimum Gasteiger partial charge on any atom is -0.348 e. The summed E-state index contributed by atoms with van der Waals surface area (Å²) >= 11 is 0. The van der Waals surface area contributed by atoms with Crippen LogP contribution in [-0.2, 0) is 6.54 Å². The number of aromatic amines is 1. The smallest absolute Gasteiger partial charge is 0.251 e. The molecule has 0 atom stereocenters. The second-order valence-electron chi connectivity index (χ2n) is 6.57. The molecule has 0 aliphatic heterocycles. The van der Waals surface area contributed by atoms with Crippen LogP contribution in [0.3, 0.4) is 0 Å². The van der Waals surface area contributed by atoms with Gasteiger partial charge in [-0.3, -0.25) is 9.78 Å². The molecule has 1 aromatic carbocycles. The lowest BCUT2D eigenvalue weighted by Gasteiger charge is -2.10. The van der Waals surface area contributed by atoms with Crippen molar-refractivity contribution in [2.45, 2.75) is 6.54 Å². The predicted octanol–water partition coefficient (Wildman–Crippen LogP) is 2.53. The fourth-order valence-corrected chi connectivity index (χ4v) is 3.25. The molecule has 0 bridgehead atoms. The van der Waals surface area contributed by atoms with Crippen molar-refractivity contribution >= 4 is 16.9 Å². The van der Waals surface area contributed by atoms with Crippen molar-refractivity contribution in [1.29, 1.82) is 0 Å². The van der Waals surface area contributed by atoms with Crippen LogP contribution < -0.4 is 5.32 Å². The van der Waals surface area contributed by atoms with Crippen molar-refractivity contribution < 1.29 is 4.79 Å². The van der Waals surface area contributed by atoms with E-state index in [1.165, 1.54) is 6.33 Å². The van der Waals surface area contributed by atoms with Crippen LogP contribution >= 0.6 is 0 Å². The highest BCUT2D eigenvalue weighted by molar-refractivity contribution is 5.96. The maximum absolute atomic E-state index is 12.6. The molecule has 0 aliphatic carbocycles. The summed E-state index contributed by atoms with van der Waals surface area (Å²) in [6.07, 6.45) is 9.84. The van der Waals surface area contributed by atoms with Gasteiger partial charge in [-0.05, 0) is 23.8 Å². The number of nitrogens with zero attached hydrogens (tertiary/aromatic N) is 6. The maximum Gasteiger partial charge on any atom is 0.251 e. The van der Waals surface area contributed by atoms with Gasteiger partial charge in [0.2, 0.25) is 0 Å². The molecule has 0 radical (unpaired) electrons. The molecule has 146 valence electrons. The minimum absolute atomic E-state index is 0.175. The number of aromatic nitrogens is 7. The standard InChI is InChI=1S/C21H16N8O/c30-21(25-8-16-2-1-7-24-20(16)29-13-23-11-28-29)15-5-3-14(4-6-15)17-9-22-10-18-19(17)27-12-26-18/h1-7,9-13H,8H2,(H,25,30)(H,26,27). The number of amides is 1. The van der Waals surface area contributed by atoms with E-state index in [0.29, 0.717) is 17.9 Å². The molecule has 30 heavy (non-hydrogen) atoms. The van der Waals surface area contributed by atoms with E-state index in [0.717, 1.165) is 27.7 Å². The third-order valence-electron chi connectivity index (χ3n) is 4.73. The molecule has 9 heteroatoms. The quantitative estimate of drug-likeness (QED) is 0.472. The Morgan fingerprint density at radius 2 is 1.97 bits per heavy atom. The van der Waals surface area contributed by atoms with Gasteiger partial charge >= 0.3 is 0 Å². The SMILES string of the molecule is O=C(NCc1cccnc1-n1cncn1)c1ccc(-c2cncc3[nH]cnc23)cc1. The fraction of sp³-hybridized carbons (Fsp3) is 0.0476. The number of carbonyl (C=O) groups is 1. The summed E-state index contributed by atoms with van der Waals surface area (Å²) in [4.78, 5) is 32.6. The number of imidazole rings is 1. The number of H-pyrrole nitrogens is 1. The lowest BCUT2D eigenvalue weighted by atomic mass is 10.0. The van der Waals surface area contributed by atoms with Gasteiger partial charge in [-0.1, -0.05) is 18.2 Å². The Bertz CT molecular complexity index is 1310. The van der Waals surface area contributed by atoms with Gasteiger partial charge in [0, 0.05) is 35.6 Å². The molecular formula is C21H16N8O. The first kappa shape index (κ1) is 17.7. The molecule has 2 N–H and O–H groups in total. The Kier molecular flexibility index (Phi) is 4.45. The third kappa shape index (κ3) is 3.28. The van der Waals surface area contributed by atoms with Gasteiger partial charge in [-0.25, -0.2) is 19.6 Å². The maximum atomic E-state index is 12.6. The van der Waals surface area contributed by atoms with Gasteiger partial charge in [0.05, 0.1) is 23.6 Å². The molecule has 0 saturated carbocycles. The van der Waals surface area contributed by atoms with Crippen LogP contribution in [0.5, 0.6) is 0 Å². The molecule has 4 heterocycles. The van der Waals surface area contributed by atoms with Crippen LogP contribution in [0, 0.1) is 0 Å². The van der Waals surface area contributed by atoms with E-state index >= 15 is 0 Å². The summed E-state index contributed by atoms with van der Waals surface area (Å²) in [6.45, 7) is 0.320. The van der Waals surface area contributed by atoms with E-state index in [4.69, 9.17) is 0 Å². The topological polar surface area (TPSA) is 114 Å². The Balaban J connectivity index is 1.33. The van der Waals surface area contributed by atoms with Gasteiger partial charge in [0.1, 0.15) is 12.7 Å². The van der Waals surface area contributed by atoms with E-state index < -0.39 is 0 Å². The Morgan fingerprint density at radius 1 is 1.07 bits per heavy atom. The number of rotatable bonds is 5. The first-order chi connectivity index (χ1) is 14.8. The molecule has 0 fully saturated rings. The molecular weight excluding hydrogens is 380 g/mol. The van der Waals surface area contributed by atoms with Crippen LogP contribution in [0.2, 0.25) is 0 Å². The summed E-state index contributed by atoms with van der Waals surface area (Å²) in [5.41, 5.74) is 4.97. The molecule has 0 aliphatic rings. The van der Waals surface area contributed by atoms with Crippen molar-refractivity contribution in [3.8, 4) is 16.9 Å². The highest BCUT2D eigenvalue weighted by Crippen LogP contribution is 2.25. The largest absolute Gasteiger partial charge is 0.348 e. The molecule has 9 nitrogen and oxygen atoms in total. The van der Waals surface area contributed by atoms with E-state index in [9.17, 15) is 4.79 Å². The van der Waals surface area contributed by atoms with Gasteiger partial charge in [-0.2, -0.15) is 5.10 Å². The average Bonchev–Trinajstić information content (AvgIpc) is 3.50. The lowest BCUT2D eigenvalue weighted by molar-refractivity contribution is 0.0951. The molecule has 0 saturated heterocycles. The van der Waals surface area contributed by atoms with Crippen LogP contribution in [0.1, 0.15) is 15.9 Å². The zero-order valence-electron chi connectivity index (χ0n) is 15.7. The van der Waals surface area contributed by atoms with Crippen LogP contribution in [-0.4, -0.2) is 40.6 Å². The van der Waals surface area contributed by atoms with Gasteiger partial charge in [-0.15, -0.1) is 0 Å². The first-order valence-electron chi connectivity index (χ1n) is 9.24. The number of fused-ring (bicyclic) bond motifs is 1. The summed E-state index contributed by atoms with van der Waals surface area (Å²) in [6, 6.07) is 11.1. The number of hydrogen-bond donors (Lipinski definition) is 2. The predicted molar refractivity (Wildman–Crippen MR) is 110 cm³/mol. The third-order valence-corrected chi connectivity index (χ3v) is 4.73. The fourth-order valence-electron chi connectivity index (χ4n) is 3.25. The Hall–Kier alpha value is -4.40. The van der Waals surface area contributed by atoms with E-state index in [-0.39, 0.29) is 5.91 Å². The molecule has 4 aromatic heterocycles. The number of pyridine rings is 2. The number of hydrogen-bond acceptors (Lipinski definition) is 6. The van der Waals surface area contributed by atoms with Crippen molar-refractivity contribution in [3.63, 3.8) is 0 Å². The Morgan fingerprint density at radius 3 is 2.80 bits per heavy atom. The first-order valence-corrected chi connectivity index (χ1v) is 9.24. The van der Waals surface area contributed by atoms with Crippen molar-refractivity contribution in [2.75, 3.05) is 0 Å². The summed E-state index contributed by atoms with van der Waals surface area (Å²) in [5.74, 6) is 0.455. The average molecular weight is 396 g/mol. The van der Waals surface area contributed by atoms with E-state index in [1.807, 2.05) is 24.3 Å². The van der Waals surface area contributed by atoms with Crippen LogP contribution in [0.15, 0.2) is 74.0 Å². The lowest BCUT2D eigenvalue weighted by Crippen LogP contribution is -2.23. The highest BCUT2D eigenvalue weighted by atomic mass is 16.1.